The first-order chi connectivity index (χ1) is 20.4. The van der Waals surface area contributed by atoms with Crippen molar-refractivity contribution in [1.82, 2.24) is 25.2 Å². The Morgan fingerprint density at radius 1 is 1.09 bits per heavy atom. The molecular weight excluding hydrogens is 616 g/mol. The fourth-order valence-corrected chi connectivity index (χ4v) is 7.98. The molecule has 2 aromatic heterocycles. The number of aromatic nitrogens is 3. The fraction of sp³-hybridized carbons (Fsp3) is 0.536. The zero-order valence-electron chi connectivity index (χ0n) is 22.8. The molecule has 4 fully saturated rings. The van der Waals surface area contributed by atoms with Crippen LogP contribution < -0.4 is 20.7 Å². The maximum absolute atomic E-state index is 16.6. The minimum atomic E-state index is -4.98. The molecule has 4 atom stereocenters. The second-order valence-corrected chi connectivity index (χ2v) is 12.7. The van der Waals surface area contributed by atoms with Crippen molar-refractivity contribution >= 4 is 45.7 Å². The first kappa shape index (κ1) is 29.0. The van der Waals surface area contributed by atoms with E-state index in [2.05, 4.69) is 25.1 Å². The number of rotatable bonds is 5. The third-order valence-electron chi connectivity index (χ3n) is 9.21. The van der Waals surface area contributed by atoms with Gasteiger partial charge >= 0.3 is 12.2 Å². The number of piperazine rings is 1. The van der Waals surface area contributed by atoms with Crippen molar-refractivity contribution in [3.8, 4) is 17.3 Å². The smallest absolute Gasteiger partial charge is 0.419 e. The maximum atomic E-state index is 16.6. The summed E-state index contributed by atoms with van der Waals surface area (Å²) in [6, 6.07) is 2.18. The lowest BCUT2D eigenvalue weighted by Crippen LogP contribution is -2.52. The quantitative estimate of drug-likeness (QED) is 0.346. The van der Waals surface area contributed by atoms with Crippen LogP contribution in [-0.4, -0.2) is 76.4 Å². The third-order valence-corrected chi connectivity index (χ3v) is 9.81. The minimum Gasteiger partial charge on any atom is -0.461 e. The molecule has 43 heavy (non-hydrogen) atoms. The number of nitrogens with zero attached hydrogens (tertiary/aromatic N) is 5. The summed E-state index contributed by atoms with van der Waals surface area (Å²) >= 11 is 12.5. The van der Waals surface area contributed by atoms with Crippen molar-refractivity contribution in [2.45, 2.75) is 62.1 Å². The number of hydrogen-bond acceptors (Lipinski definition) is 8. The molecule has 2 bridgehead atoms. The third kappa shape index (κ3) is 4.83. The van der Waals surface area contributed by atoms with Crippen LogP contribution in [0, 0.1) is 5.82 Å². The lowest BCUT2D eigenvalue weighted by Gasteiger charge is -2.37. The molecule has 3 N–H and O–H groups in total. The molecule has 0 spiro atoms. The van der Waals surface area contributed by atoms with Crippen molar-refractivity contribution in [2.24, 2.45) is 0 Å². The van der Waals surface area contributed by atoms with Crippen molar-refractivity contribution in [3.05, 3.63) is 33.6 Å². The Morgan fingerprint density at radius 3 is 2.56 bits per heavy atom. The Bertz CT molecular complexity index is 1590. The number of hydrogen-bond donors (Lipinski definition) is 2. The first-order valence-corrected chi connectivity index (χ1v) is 14.9. The van der Waals surface area contributed by atoms with Crippen LogP contribution in [0.3, 0.4) is 0 Å². The summed E-state index contributed by atoms with van der Waals surface area (Å²) in [6.45, 7) is 2.54. The van der Waals surface area contributed by atoms with Crippen LogP contribution in [0.1, 0.15) is 37.7 Å². The Labute approximate surface area is 253 Å². The monoisotopic (exact) mass is 643 g/mol. The second-order valence-electron chi connectivity index (χ2n) is 11.8. The number of nitrogens with two attached hydrogens (primary N) is 1. The number of benzene rings is 1. The van der Waals surface area contributed by atoms with Gasteiger partial charge in [0.1, 0.15) is 35.5 Å². The Kier molecular flexibility index (Phi) is 7.03. The summed E-state index contributed by atoms with van der Waals surface area (Å²) in [6.07, 6.45) is -2.24. The van der Waals surface area contributed by atoms with E-state index < -0.39 is 45.5 Å². The molecule has 1 aromatic carbocycles. The average Bonchev–Trinajstić information content (AvgIpc) is 3.52. The van der Waals surface area contributed by atoms with Gasteiger partial charge in [0.2, 0.25) is 0 Å². The minimum absolute atomic E-state index is 0.0588. The van der Waals surface area contributed by atoms with E-state index in [0.29, 0.717) is 31.9 Å². The van der Waals surface area contributed by atoms with Crippen LogP contribution in [-0.2, 0) is 6.18 Å². The van der Waals surface area contributed by atoms with Gasteiger partial charge in [-0.25, -0.2) is 13.8 Å². The zero-order valence-corrected chi connectivity index (χ0v) is 24.3. The SMILES string of the molecule is Nc1cc(Cl)c(C(F)(F)F)c(-c2c(Cl)cc3c(N4C5CCC4CNC5)nc(OC[C@@]45CCCN4C[C@H](F)C5)nc3c2F)n1. The molecule has 0 aliphatic carbocycles. The van der Waals surface area contributed by atoms with Crippen molar-refractivity contribution in [1.29, 1.82) is 0 Å². The van der Waals surface area contributed by atoms with E-state index >= 15 is 4.39 Å². The van der Waals surface area contributed by atoms with Crippen molar-refractivity contribution in [3.63, 3.8) is 0 Å². The number of halogens is 7. The lowest BCUT2D eigenvalue weighted by molar-refractivity contribution is -0.137. The van der Waals surface area contributed by atoms with Crippen LogP contribution in [0.4, 0.5) is 33.6 Å². The van der Waals surface area contributed by atoms with Crippen molar-refractivity contribution < 1.29 is 26.7 Å². The van der Waals surface area contributed by atoms with Gasteiger partial charge in [-0.2, -0.15) is 23.1 Å². The van der Waals surface area contributed by atoms with Crippen LogP contribution >= 0.6 is 23.2 Å². The average molecular weight is 644 g/mol. The molecule has 2 unspecified atom stereocenters. The van der Waals surface area contributed by atoms with Crippen molar-refractivity contribution in [2.75, 3.05) is 43.4 Å². The second kappa shape index (κ2) is 10.4. The van der Waals surface area contributed by atoms with Gasteiger partial charge < -0.3 is 20.7 Å². The highest BCUT2D eigenvalue weighted by Gasteiger charge is 2.49. The number of ether oxygens (including phenoxy) is 1. The topological polar surface area (TPSA) is 92.4 Å². The number of anilines is 2. The van der Waals surface area contributed by atoms with E-state index in [1.54, 1.807) is 0 Å². The predicted molar refractivity (Wildman–Crippen MR) is 153 cm³/mol. The molecule has 4 aliphatic heterocycles. The van der Waals surface area contributed by atoms with Gasteiger partial charge in [-0.1, -0.05) is 23.2 Å². The Hall–Kier alpha value is -2.74. The molecule has 3 aromatic rings. The van der Waals surface area contributed by atoms with E-state index in [1.165, 1.54) is 6.07 Å². The van der Waals surface area contributed by atoms with Gasteiger partial charge in [-0.15, -0.1) is 0 Å². The summed E-state index contributed by atoms with van der Waals surface area (Å²) in [4.78, 5) is 17.1. The van der Waals surface area contributed by atoms with Crippen LogP contribution in [0.25, 0.3) is 22.2 Å². The molecule has 0 radical (unpaired) electrons. The number of alkyl halides is 4. The Balaban J connectivity index is 1.40. The van der Waals surface area contributed by atoms with E-state index in [0.717, 1.165) is 38.3 Å². The molecule has 8 nitrogen and oxygen atoms in total. The predicted octanol–water partition coefficient (Wildman–Crippen LogP) is 5.63. The van der Waals surface area contributed by atoms with E-state index in [4.69, 9.17) is 38.7 Å². The summed E-state index contributed by atoms with van der Waals surface area (Å²) in [5, 5.41) is 2.55. The maximum Gasteiger partial charge on any atom is 0.419 e. The number of fused-ring (bicyclic) bond motifs is 4. The van der Waals surface area contributed by atoms with E-state index in [9.17, 15) is 17.6 Å². The zero-order chi connectivity index (χ0) is 30.3. The number of pyridine rings is 1. The molecule has 0 saturated carbocycles. The molecule has 15 heteroatoms. The largest absolute Gasteiger partial charge is 0.461 e. The fourth-order valence-electron chi connectivity index (χ4n) is 7.39. The Morgan fingerprint density at radius 2 is 1.84 bits per heavy atom. The van der Waals surface area contributed by atoms with Gasteiger partial charge in [0.25, 0.3) is 0 Å². The molecule has 6 heterocycles. The standard InChI is InChI=1S/C28H28Cl2F5N7O/c29-17-6-16-23(22(32)20(17)24-21(28(33,34)35)18(30)7-19(36)38-24)39-26(40-25(16)42-14-2-3-15(42)10-37-9-14)43-12-27-4-1-5-41(27)11-13(31)8-27/h6-7,13-15,37H,1-5,8-12H2,(H2,36,38)/t13-,14?,15?,27+/m1/s1. The van der Waals surface area contributed by atoms with E-state index in [-0.39, 0.29) is 46.4 Å². The molecule has 4 aliphatic rings. The summed E-state index contributed by atoms with van der Waals surface area (Å²) in [5.74, 6) is -1.09. The normalized spacial score (nSPS) is 27.3. The lowest BCUT2D eigenvalue weighted by atomic mass is 9.95. The highest BCUT2D eigenvalue weighted by atomic mass is 35.5. The molecular formula is C28H28Cl2F5N7O. The van der Waals surface area contributed by atoms with Crippen LogP contribution in [0.5, 0.6) is 6.01 Å². The first-order valence-electron chi connectivity index (χ1n) is 14.2. The van der Waals surface area contributed by atoms with Gasteiger partial charge in [0.05, 0.1) is 26.8 Å². The summed E-state index contributed by atoms with van der Waals surface area (Å²) < 4.78 is 79.5. The highest BCUT2D eigenvalue weighted by Crippen LogP contribution is 2.47. The molecule has 0 amide bonds. The van der Waals surface area contributed by atoms with Gasteiger partial charge in [-0.05, 0) is 44.4 Å². The summed E-state index contributed by atoms with van der Waals surface area (Å²) in [7, 11) is 0. The van der Waals surface area contributed by atoms with Gasteiger partial charge in [0.15, 0.2) is 5.82 Å². The summed E-state index contributed by atoms with van der Waals surface area (Å²) in [5.41, 5.74) is 2.11. The van der Waals surface area contributed by atoms with E-state index in [1.807, 2.05) is 0 Å². The highest BCUT2D eigenvalue weighted by molar-refractivity contribution is 6.35. The van der Waals surface area contributed by atoms with Crippen LogP contribution in [0.2, 0.25) is 10.0 Å². The molecule has 7 rings (SSSR count). The molecule has 230 valence electrons. The van der Waals surface area contributed by atoms with Crippen LogP contribution in [0.15, 0.2) is 12.1 Å². The molecule has 4 saturated heterocycles. The number of nitrogen functional groups attached to an aromatic ring is 1. The number of nitrogens with one attached hydrogen (secondary N) is 1. The van der Waals surface area contributed by atoms with Gasteiger partial charge in [0, 0.05) is 43.5 Å². The van der Waals surface area contributed by atoms with Gasteiger partial charge in [-0.3, -0.25) is 4.90 Å².